The minimum Gasteiger partial charge on any atom is -0.428 e. The summed E-state index contributed by atoms with van der Waals surface area (Å²) in [6.45, 7) is 8.27. The Balaban J connectivity index is 0.000000292. The molecule has 0 amide bonds. The first-order valence-electron chi connectivity index (χ1n) is 4.07. The molecular formula is C10H14O4. The molecule has 14 heavy (non-hydrogen) atoms. The highest BCUT2D eigenvalue weighted by molar-refractivity contribution is 5.91. The van der Waals surface area contributed by atoms with E-state index in [1.54, 1.807) is 20.8 Å². The van der Waals surface area contributed by atoms with E-state index in [4.69, 9.17) is 5.11 Å². The lowest BCUT2D eigenvalue weighted by molar-refractivity contribution is -0.151. The molecule has 0 aromatic rings. The Morgan fingerprint density at radius 3 is 2.07 bits per heavy atom. The molecule has 1 unspecified atom stereocenters. The van der Waals surface area contributed by atoms with Crippen molar-refractivity contribution >= 4 is 12.3 Å². The number of cyclic esters (lactones) is 1. The number of hydrogen-bond donors (Lipinski definition) is 1. The van der Waals surface area contributed by atoms with Crippen molar-refractivity contribution in [3.63, 3.8) is 0 Å². The molecule has 0 spiro atoms. The number of carbonyl (C=O) groups is 2. The molecule has 0 aromatic carbocycles. The molecule has 1 aliphatic rings. The number of aliphatic hydroxyl groups is 1. The van der Waals surface area contributed by atoms with Gasteiger partial charge in [0.15, 0.2) is 0 Å². The molecule has 4 heteroatoms. The number of esters is 1. The Morgan fingerprint density at radius 2 is 2.00 bits per heavy atom. The van der Waals surface area contributed by atoms with E-state index < -0.39 is 12.3 Å². The van der Waals surface area contributed by atoms with E-state index in [2.05, 4.69) is 11.3 Å². The highest BCUT2D eigenvalue weighted by atomic mass is 16.6. The molecule has 0 aromatic heterocycles. The van der Waals surface area contributed by atoms with E-state index in [1.807, 2.05) is 0 Å². The Morgan fingerprint density at radius 1 is 1.57 bits per heavy atom. The van der Waals surface area contributed by atoms with Gasteiger partial charge in [0, 0.05) is 11.1 Å². The van der Waals surface area contributed by atoms with Gasteiger partial charge in [-0.3, -0.25) is 4.79 Å². The van der Waals surface area contributed by atoms with Crippen molar-refractivity contribution in [2.75, 3.05) is 0 Å². The van der Waals surface area contributed by atoms with Crippen molar-refractivity contribution in [1.29, 1.82) is 0 Å². The molecule has 1 aliphatic heterocycles. The van der Waals surface area contributed by atoms with Gasteiger partial charge in [0.25, 0.3) is 0 Å². The summed E-state index contributed by atoms with van der Waals surface area (Å²) in [5.74, 6) is -0.417. The summed E-state index contributed by atoms with van der Waals surface area (Å²) >= 11 is 0. The number of carbonyl (C=O) groups excluding carboxylic acids is 2. The predicted octanol–water partition coefficient (Wildman–Crippen LogP) is 0.959. The highest BCUT2D eigenvalue weighted by Crippen LogP contribution is 2.18. The second-order valence-electron chi connectivity index (χ2n) is 3.03. The summed E-state index contributed by atoms with van der Waals surface area (Å²) in [5.41, 5.74) is 1.70. The summed E-state index contributed by atoms with van der Waals surface area (Å²) < 4.78 is 4.43. The zero-order valence-electron chi connectivity index (χ0n) is 8.53. The van der Waals surface area contributed by atoms with E-state index in [0.717, 1.165) is 6.29 Å². The van der Waals surface area contributed by atoms with Gasteiger partial charge >= 0.3 is 5.97 Å². The number of hydrogen-bond acceptors (Lipinski definition) is 4. The van der Waals surface area contributed by atoms with Crippen LogP contribution in [0, 0.1) is 0 Å². The topological polar surface area (TPSA) is 63.6 Å². The van der Waals surface area contributed by atoms with Crippen LogP contribution in [0.25, 0.3) is 0 Å². The van der Waals surface area contributed by atoms with Crippen LogP contribution in [0.3, 0.4) is 0 Å². The lowest BCUT2D eigenvalue weighted by Crippen LogP contribution is -2.07. The zero-order chi connectivity index (χ0) is 11.3. The number of aldehydes is 1. The fourth-order valence-corrected chi connectivity index (χ4v) is 0.624. The maximum Gasteiger partial charge on any atom is 0.336 e. The van der Waals surface area contributed by atoms with Crippen LogP contribution in [0.2, 0.25) is 0 Å². The lowest BCUT2D eigenvalue weighted by atomic mass is 10.2. The third kappa shape index (κ3) is 3.53. The number of aliphatic hydroxyl groups excluding tert-OH is 1. The van der Waals surface area contributed by atoms with Crippen LogP contribution in [0.15, 0.2) is 23.3 Å². The molecule has 1 atom stereocenters. The maximum absolute atomic E-state index is 10.6. The van der Waals surface area contributed by atoms with Crippen LogP contribution in [-0.4, -0.2) is 23.7 Å². The van der Waals surface area contributed by atoms with Gasteiger partial charge in [0.2, 0.25) is 6.29 Å². The van der Waals surface area contributed by atoms with Gasteiger partial charge in [0.05, 0.1) is 0 Å². The molecule has 0 fully saturated rings. The quantitative estimate of drug-likeness (QED) is 0.387. The van der Waals surface area contributed by atoms with E-state index in [0.29, 0.717) is 16.7 Å². The van der Waals surface area contributed by atoms with Crippen molar-refractivity contribution in [2.45, 2.75) is 27.1 Å². The summed E-state index contributed by atoms with van der Waals surface area (Å²) in [6, 6.07) is 0. The minimum atomic E-state index is -1.00. The molecule has 78 valence electrons. The summed E-state index contributed by atoms with van der Waals surface area (Å²) in [4.78, 5) is 20.0. The van der Waals surface area contributed by atoms with Gasteiger partial charge in [-0.15, -0.1) is 0 Å². The smallest absolute Gasteiger partial charge is 0.336 e. The third-order valence-electron chi connectivity index (χ3n) is 1.69. The molecule has 0 aliphatic carbocycles. The molecule has 0 saturated heterocycles. The van der Waals surface area contributed by atoms with E-state index in [-0.39, 0.29) is 0 Å². The molecule has 0 radical (unpaired) electrons. The normalized spacial score (nSPS) is 19.7. The molecule has 0 bridgehead atoms. The number of rotatable bonds is 1. The molecule has 4 nitrogen and oxygen atoms in total. The van der Waals surface area contributed by atoms with Crippen LogP contribution in [-0.2, 0) is 14.3 Å². The van der Waals surface area contributed by atoms with E-state index in [1.165, 1.54) is 0 Å². The van der Waals surface area contributed by atoms with Gasteiger partial charge in [-0.1, -0.05) is 6.58 Å². The monoisotopic (exact) mass is 198 g/mol. The molecule has 1 N–H and O–H groups in total. The van der Waals surface area contributed by atoms with Crippen molar-refractivity contribution in [2.24, 2.45) is 0 Å². The lowest BCUT2D eigenvalue weighted by Gasteiger charge is -1.99. The first kappa shape index (κ1) is 12.6. The average molecular weight is 198 g/mol. The Hall–Kier alpha value is -1.42. The summed E-state index contributed by atoms with van der Waals surface area (Å²) in [7, 11) is 0. The van der Waals surface area contributed by atoms with Crippen LogP contribution in [0.1, 0.15) is 20.8 Å². The van der Waals surface area contributed by atoms with Crippen molar-refractivity contribution in [3.05, 3.63) is 23.3 Å². The molecule has 1 heterocycles. The van der Waals surface area contributed by atoms with Gasteiger partial charge in [0.1, 0.15) is 6.29 Å². The van der Waals surface area contributed by atoms with Crippen LogP contribution in [0.4, 0.5) is 0 Å². The number of ether oxygens (including phenoxy) is 1. The van der Waals surface area contributed by atoms with Crippen LogP contribution >= 0.6 is 0 Å². The number of allylic oxidation sites excluding steroid dienone is 1. The summed E-state index contributed by atoms with van der Waals surface area (Å²) in [5, 5.41) is 8.84. The van der Waals surface area contributed by atoms with Gasteiger partial charge in [-0.05, 0) is 26.3 Å². The fourth-order valence-electron chi connectivity index (χ4n) is 0.624. The van der Waals surface area contributed by atoms with E-state index in [9.17, 15) is 9.59 Å². The predicted molar refractivity (Wildman–Crippen MR) is 51.4 cm³/mol. The standard InChI is InChI=1S/C6H8O3.C4H6O/c1-3-4(2)6(8)9-5(3)7;1-4(2)3-5/h5,7H,1-2H3;3H,1H2,2H3. The SMILES string of the molecule is C=C(C)C=O.CC1=C(C)C(O)OC1=O. The van der Waals surface area contributed by atoms with Crippen molar-refractivity contribution < 1.29 is 19.4 Å². The van der Waals surface area contributed by atoms with Gasteiger partial charge in [-0.2, -0.15) is 0 Å². The fraction of sp³-hybridized carbons (Fsp3) is 0.400. The van der Waals surface area contributed by atoms with Crippen LogP contribution < -0.4 is 0 Å². The third-order valence-corrected chi connectivity index (χ3v) is 1.69. The highest BCUT2D eigenvalue weighted by Gasteiger charge is 2.25. The Kier molecular flexibility index (Phi) is 4.80. The molecular weight excluding hydrogens is 184 g/mol. The summed E-state index contributed by atoms with van der Waals surface area (Å²) in [6.07, 6.45) is -0.280. The van der Waals surface area contributed by atoms with Gasteiger partial charge in [-0.25, -0.2) is 4.79 Å². The maximum atomic E-state index is 10.6. The minimum absolute atomic E-state index is 0.417. The van der Waals surface area contributed by atoms with E-state index >= 15 is 0 Å². The first-order chi connectivity index (χ1) is 6.40. The molecule has 0 saturated carbocycles. The van der Waals surface area contributed by atoms with Crippen molar-refractivity contribution in [3.8, 4) is 0 Å². The largest absolute Gasteiger partial charge is 0.428 e. The van der Waals surface area contributed by atoms with Crippen molar-refractivity contribution in [1.82, 2.24) is 0 Å². The second-order valence-corrected chi connectivity index (χ2v) is 3.03. The molecule has 1 rings (SSSR count). The Labute approximate surface area is 82.9 Å². The second kappa shape index (κ2) is 5.34. The average Bonchev–Trinajstić information content (AvgIpc) is 2.34. The first-order valence-corrected chi connectivity index (χ1v) is 4.07. The van der Waals surface area contributed by atoms with Crippen LogP contribution in [0.5, 0.6) is 0 Å². The zero-order valence-corrected chi connectivity index (χ0v) is 8.53. The van der Waals surface area contributed by atoms with Gasteiger partial charge < -0.3 is 9.84 Å². The Bertz CT molecular complexity index is 288.